The largest absolute Gasteiger partial charge is 0.494 e. The zero-order chi connectivity index (χ0) is 27.5. The van der Waals surface area contributed by atoms with Crippen LogP contribution in [0.5, 0.6) is 5.75 Å². The number of carbonyl (C=O) groups is 1. The second-order valence-electron chi connectivity index (χ2n) is 10.8. The SMILES string of the molecule is COc1cc(C(=O)O)cc2sc(N3C4CCC3CC(OCc3c(-c5c(F)cccc5Cl)noc3C3CC3)C4)nc12. The minimum Gasteiger partial charge on any atom is -0.494 e. The van der Waals surface area contributed by atoms with Crippen LogP contribution in [0, 0.1) is 5.82 Å². The van der Waals surface area contributed by atoms with Gasteiger partial charge in [0.25, 0.3) is 0 Å². The van der Waals surface area contributed by atoms with Gasteiger partial charge in [-0.1, -0.05) is 34.2 Å². The summed E-state index contributed by atoms with van der Waals surface area (Å²) in [6.45, 7) is 0.287. The normalized spacial score (nSPS) is 22.3. The maximum atomic E-state index is 14.8. The van der Waals surface area contributed by atoms with Gasteiger partial charge in [0.2, 0.25) is 0 Å². The molecule has 2 aliphatic heterocycles. The Bertz CT molecular complexity index is 1580. The average molecular weight is 584 g/mol. The van der Waals surface area contributed by atoms with Gasteiger partial charge in [0.05, 0.1) is 40.7 Å². The number of methoxy groups -OCH3 is 1. The van der Waals surface area contributed by atoms with E-state index < -0.39 is 11.8 Å². The summed E-state index contributed by atoms with van der Waals surface area (Å²) < 4.78 is 33.2. The van der Waals surface area contributed by atoms with Crippen LogP contribution in [0.1, 0.15) is 66.1 Å². The van der Waals surface area contributed by atoms with E-state index in [0.717, 1.165) is 59.7 Å². The number of aromatic nitrogens is 2. The molecule has 2 bridgehead atoms. The topological polar surface area (TPSA) is 97.9 Å². The van der Waals surface area contributed by atoms with Crippen molar-refractivity contribution in [2.45, 2.75) is 69.2 Å². The smallest absolute Gasteiger partial charge is 0.335 e. The number of piperidine rings is 1. The predicted octanol–water partition coefficient (Wildman–Crippen LogP) is 7.04. The van der Waals surface area contributed by atoms with Gasteiger partial charge < -0.3 is 24.0 Å². The van der Waals surface area contributed by atoms with Crippen molar-refractivity contribution in [3.63, 3.8) is 0 Å². The number of hydrogen-bond donors (Lipinski definition) is 1. The second kappa shape index (κ2) is 10.0. The lowest BCUT2D eigenvalue weighted by atomic mass is 10.00. The van der Waals surface area contributed by atoms with E-state index in [4.69, 9.17) is 30.6 Å². The molecular formula is C29H27ClFN3O5S. The van der Waals surface area contributed by atoms with Crippen LogP contribution in [0.4, 0.5) is 9.52 Å². The summed E-state index contributed by atoms with van der Waals surface area (Å²) in [4.78, 5) is 18.8. The highest BCUT2D eigenvalue weighted by atomic mass is 35.5. The Morgan fingerprint density at radius 1 is 1.23 bits per heavy atom. The van der Waals surface area contributed by atoms with Crippen molar-refractivity contribution < 1.29 is 28.3 Å². The van der Waals surface area contributed by atoms with E-state index in [2.05, 4.69) is 10.1 Å². The van der Waals surface area contributed by atoms with Gasteiger partial charge in [0, 0.05) is 23.6 Å². The van der Waals surface area contributed by atoms with Crippen LogP contribution >= 0.6 is 22.9 Å². The quantitative estimate of drug-likeness (QED) is 0.236. The highest BCUT2D eigenvalue weighted by Crippen LogP contribution is 2.47. The molecule has 208 valence electrons. The molecule has 7 rings (SSSR count). The van der Waals surface area contributed by atoms with Crippen molar-refractivity contribution in [3.05, 3.63) is 58.1 Å². The molecule has 1 saturated carbocycles. The fourth-order valence-corrected chi connectivity index (χ4v) is 7.62. The van der Waals surface area contributed by atoms with Crippen LogP contribution in [0.25, 0.3) is 21.5 Å². The Labute approximate surface area is 238 Å². The standard InChI is InChI=1S/C29H27ClFN3O5S/c1-37-22-9-15(28(35)36)10-23-26(22)32-29(40-23)34-16-7-8-17(34)12-18(11-16)38-13-19-25(33-39-27(19)14-5-6-14)24-20(30)3-2-4-21(24)31/h2-4,9-10,14,16-18H,5-8,11-13H2,1H3,(H,35,36). The number of nitrogens with zero attached hydrogens (tertiary/aromatic N) is 3. The highest BCUT2D eigenvalue weighted by Gasteiger charge is 2.43. The van der Waals surface area contributed by atoms with Crippen molar-refractivity contribution in [1.82, 2.24) is 10.1 Å². The highest BCUT2D eigenvalue weighted by molar-refractivity contribution is 7.22. The van der Waals surface area contributed by atoms with E-state index in [1.807, 2.05) is 0 Å². The Balaban J connectivity index is 1.11. The van der Waals surface area contributed by atoms with Gasteiger partial charge in [-0.25, -0.2) is 14.2 Å². The first kappa shape index (κ1) is 25.7. The zero-order valence-corrected chi connectivity index (χ0v) is 23.3. The molecular weight excluding hydrogens is 557 g/mol. The first-order valence-corrected chi connectivity index (χ1v) is 14.6. The van der Waals surface area contributed by atoms with Crippen molar-refractivity contribution in [3.8, 4) is 17.0 Å². The number of halogens is 2. The van der Waals surface area contributed by atoms with E-state index >= 15 is 0 Å². The van der Waals surface area contributed by atoms with Gasteiger partial charge in [0.1, 0.15) is 28.5 Å². The predicted molar refractivity (Wildman–Crippen MR) is 149 cm³/mol. The van der Waals surface area contributed by atoms with Gasteiger partial charge in [0.15, 0.2) is 5.13 Å². The molecule has 3 aliphatic rings. The van der Waals surface area contributed by atoms with Gasteiger partial charge in [-0.05, 0) is 62.8 Å². The first-order chi connectivity index (χ1) is 19.4. The number of ether oxygens (including phenoxy) is 2. The number of fused-ring (bicyclic) bond motifs is 3. The summed E-state index contributed by atoms with van der Waals surface area (Å²) in [7, 11) is 1.53. The summed E-state index contributed by atoms with van der Waals surface area (Å²) in [5.74, 6) is 0.110. The number of thiazole rings is 1. The van der Waals surface area contributed by atoms with Crippen LogP contribution in [-0.2, 0) is 11.3 Å². The maximum absolute atomic E-state index is 14.8. The molecule has 2 saturated heterocycles. The number of aromatic carboxylic acids is 1. The summed E-state index contributed by atoms with van der Waals surface area (Å²) in [5.41, 5.74) is 2.34. The Hall–Kier alpha value is -3.21. The Kier molecular flexibility index (Phi) is 6.44. The number of anilines is 1. The molecule has 8 nitrogen and oxygen atoms in total. The van der Waals surface area contributed by atoms with Crippen LogP contribution < -0.4 is 9.64 Å². The van der Waals surface area contributed by atoms with E-state index in [-0.39, 0.29) is 35.9 Å². The minimum atomic E-state index is -0.994. The molecule has 11 heteroatoms. The van der Waals surface area contributed by atoms with Crippen LogP contribution in [0.15, 0.2) is 34.9 Å². The molecule has 0 amide bonds. The number of carboxylic acid groups (broad SMARTS) is 1. The fourth-order valence-electron chi connectivity index (χ4n) is 6.20. The zero-order valence-electron chi connectivity index (χ0n) is 21.7. The molecule has 2 unspecified atom stereocenters. The lowest BCUT2D eigenvalue weighted by Crippen LogP contribution is -2.45. The van der Waals surface area contributed by atoms with E-state index in [1.54, 1.807) is 18.2 Å². The van der Waals surface area contributed by atoms with Crippen molar-refractivity contribution >= 4 is 44.3 Å². The first-order valence-electron chi connectivity index (χ1n) is 13.5. The molecule has 0 spiro atoms. The van der Waals surface area contributed by atoms with E-state index in [0.29, 0.717) is 27.9 Å². The third-order valence-corrected chi connectivity index (χ3v) is 9.59. The van der Waals surface area contributed by atoms with Gasteiger partial charge in [-0.15, -0.1) is 0 Å². The molecule has 4 aromatic rings. The van der Waals surface area contributed by atoms with Crippen molar-refractivity contribution in [2.24, 2.45) is 0 Å². The molecule has 0 radical (unpaired) electrons. The minimum absolute atomic E-state index is 0.0298. The van der Waals surface area contributed by atoms with Crippen molar-refractivity contribution in [2.75, 3.05) is 12.0 Å². The summed E-state index contributed by atoms with van der Waals surface area (Å²) >= 11 is 7.87. The van der Waals surface area contributed by atoms with Crippen LogP contribution in [-0.4, -0.2) is 46.5 Å². The van der Waals surface area contributed by atoms with Crippen LogP contribution in [0.2, 0.25) is 5.02 Å². The molecule has 2 atom stereocenters. The summed E-state index contributed by atoms with van der Waals surface area (Å²) in [5, 5.41) is 14.9. The number of benzene rings is 2. The number of hydrogen-bond acceptors (Lipinski definition) is 8. The second-order valence-corrected chi connectivity index (χ2v) is 12.2. The fraction of sp³-hybridized carbons (Fsp3) is 0.414. The Morgan fingerprint density at radius 3 is 2.67 bits per heavy atom. The third-order valence-electron chi connectivity index (χ3n) is 8.26. The van der Waals surface area contributed by atoms with Crippen LogP contribution in [0.3, 0.4) is 0 Å². The van der Waals surface area contributed by atoms with Gasteiger partial charge >= 0.3 is 5.97 Å². The maximum Gasteiger partial charge on any atom is 0.335 e. The molecule has 1 N–H and O–H groups in total. The van der Waals surface area contributed by atoms with E-state index in [9.17, 15) is 14.3 Å². The van der Waals surface area contributed by atoms with Gasteiger partial charge in [-0.2, -0.15) is 0 Å². The molecule has 1 aliphatic carbocycles. The lowest BCUT2D eigenvalue weighted by molar-refractivity contribution is 0.0147. The number of rotatable bonds is 8. The molecule has 40 heavy (non-hydrogen) atoms. The third kappa shape index (κ3) is 4.42. The summed E-state index contributed by atoms with van der Waals surface area (Å²) in [6.07, 6.45) is 5.82. The van der Waals surface area contributed by atoms with E-state index in [1.165, 1.54) is 30.6 Å². The molecule has 4 heterocycles. The lowest BCUT2D eigenvalue weighted by Gasteiger charge is -2.38. The number of carboxylic acids is 1. The molecule has 2 aromatic heterocycles. The Morgan fingerprint density at radius 2 is 2.00 bits per heavy atom. The molecule has 2 aromatic carbocycles. The van der Waals surface area contributed by atoms with Crippen molar-refractivity contribution in [1.29, 1.82) is 0 Å². The summed E-state index contributed by atoms with van der Waals surface area (Å²) in [6, 6.07) is 8.32. The average Bonchev–Trinajstić information content (AvgIpc) is 3.46. The molecule has 3 fully saturated rings. The monoisotopic (exact) mass is 583 g/mol. The van der Waals surface area contributed by atoms with Gasteiger partial charge in [-0.3, -0.25) is 0 Å².